The van der Waals surface area contributed by atoms with Gasteiger partial charge in [-0.3, -0.25) is 9.32 Å². The fourth-order valence-electron chi connectivity index (χ4n) is 3.06. The van der Waals surface area contributed by atoms with E-state index in [9.17, 15) is 14.7 Å². The molecule has 9 nitrogen and oxygen atoms in total. The predicted octanol–water partition coefficient (Wildman–Crippen LogP) is 2.90. The predicted molar refractivity (Wildman–Crippen MR) is 114 cm³/mol. The molecule has 2 aromatic carbocycles. The fourth-order valence-corrected chi connectivity index (χ4v) is 3.75. The number of H-pyrrole nitrogens is 1. The first kappa shape index (κ1) is 20.4. The van der Waals surface area contributed by atoms with Crippen LogP contribution in [0.2, 0.25) is 0 Å². The molecular formula is C21H19N4O5S+. The van der Waals surface area contributed by atoms with Gasteiger partial charge in [-0.25, -0.2) is 9.78 Å². The van der Waals surface area contributed by atoms with Gasteiger partial charge in [0.1, 0.15) is 11.5 Å². The van der Waals surface area contributed by atoms with Gasteiger partial charge in [0.25, 0.3) is 0 Å². The van der Waals surface area contributed by atoms with Crippen molar-refractivity contribution in [3.05, 3.63) is 69.4 Å². The summed E-state index contributed by atoms with van der Waals surface area (Å²) in [5.74, 6) is 0.426. The summed E-state index contributed by atoms with van der Waals surface area (Å²) in [6.45, 7) is 1.67. The molecule has 31 heavy (non-hydrogen) atoms. The van der Waals surface area contributed by atoms with Crippen molar-refractivity contribution < 1.29 is 23.8 Å². The molecule has 0 bridgehead atoms. The number of ether oxygens (including phenoxy) is 1. The number of thiazole rings is 1. The molecular weight excluding hydrogens is 420 g/mol. The van der Waals surface area contributed by atoms with E-state index in [2.05, 4.69) is 15.6 Å². The average Bonchev–Trinajstić information content (AvgIpc) is 3.39. The Bertz CT molecular complexity index is 1290. The number of ketones is 1. The zero-order chi connectivity index (χ0) is 22.0. The van der Waals surface area contributed by atoms with E-state index in [4.69, 9.17) is 9.26 Å². The van der Waals surface area contributed by atoms with Crippen molar-refractivity contribution in [2.75, 3.05) is 12.4 Å². The molecule has 3 N–H and O–H groups in total. The number of Topliss-reactive ketones (excluding diaryl/α,β-unsaturated/α-hetero) is 1. The van der Waals surface area contributed by atoms with Crippen LogP contribution < -0.4 is 20.4 Å². The molecule has 0 amide bonds. The van der Waals surface area contributed by atoms with Crippen molar-refractivity contribution in [1.82, 2.24) is 10.3 Å². The lowest BCUT2D eigenvalue weighted by Gasteiger charge is -2.08. The number of nitrogens with zero attached hydrogens (tertiary/aromatic N) is 2. The highest BCUT2D eigenvalue weighted by Gasteiger charge is 2.27. The summed E-state index contributed by atoms with van der Waals surface area (Å²) in [4.78, 5) is 28.4. The average molecular weight is 439 g/mol. The van der Waals surface area contributed by atoms with Crippen molar-refractivity contribution in [3.8, 4) is 28.6 Å². The Morgan fingerprint density at radius 3 is 2.77 bits per heavy atom. The number of aromatic nitrogens is 3. The summed E-state index contributed by atoms with van der Waals surface area (Å²) in [5, 5.41) is 18.3. The Kier molecular flexibility index (Phi) is 5.54. The highest BCUT2D eigenvalue weighted by molar-refractivity contribution is 7.14. The maximum Gasteiger partial charge on any atom is 0.437 e. The monoisotopic (exact) mass is 439 g/mol. The molecule has 0 fully saturated rings. The lowest BCUT2D eigenvalue weighted by Crippen LogP contribution is -2.36. The Morgan fingerprint density at radius 2 is 2.06 bits per heavy atom. The molecule has 4 rings (SSSR count). The topological polar surface area (TPSA) is 121 Å². The lowest BCUT2D eigenvalue weighted by atomic mass is 10.1. The van der Waals surface area contributed by atoms with Gasteiger partial charge in [0.2, 0.25) is 5.69 Å². The second kappa shape index (κ2) is 8.44. The summed E-state index contributed by atoms with van der Waals surface area (Å²) in [6.07, 6.45) is 0. The molecule has 0 aliphatic heterocycles. The van der Waals surface area contributed by atoms with Gasteiger partial charge in [0, 0.05) is 29.6 Å². The van der Waals surface area contributed by atoms with Gasteiger partial charge in [-0.1, -0.05) is 12.1 Å². The Hall–Kier alpha value is -3.92. The number of aromatic hydroxyl groups is 1. The molecule has 158 valence electrons. The summed E-state index contributed by atoms with van der Waals surface area (Å²) < 4.78 is 11.6. The highest BCUT2D eigenvalue weighted by Crippen LogP contribution is 2.26. The number of phenolic OH excluding ortho intramolecular Hbond substituents is 1. The third-order valence-electron chi connectivity index (χ3n) is 4.65. The molecule has 0 saturated carbocycles. The quantitative estimate of drug-likeness (QED) is 0.299. The van der Waals surface area contributed by atoms with Gasteiger partial charge in [-0.15, -0.1) is 11.3 Å². The molecule has 0 aliphatic carbocycles. The fraction of sp³-hybridized carbons (Fsp3) is 0.143. The normalized spacial score (nSPS) is 10.8. The maximum atomic E-state index is 12.3. The van der Waals surface area contributed by atoms with Gasteiger partial charge in [0.15, 0.2) is 16.6 Å². The molecule has 4 aromatic rings. The molecule has 2 aromatic heterocycles. The van der Waals surface area contributed by atoms with Crippen LogP contribution >= 0.6 is 11.3 Å². The molecule has 0 unspecified atom stereocenters. The number of carbonyl (C=O) groups excluding carboxylic acids is 1. The number of aromatic amines is 1. The first-order chi connectivity index (χ1) is 15.0. The maximum absolute atomic E-state index is 12.3. The van der Waals surface area contributed by atoms with E-state index < -0.39 is 5.63 Å². The first-order valence-electron chi connectivity index (χ1n) is 9.27. The van der Waals surface area contributed by atoms with Crippen molar-refractivity contribution in [2.45, 2.75) is 13.5 Å². The summed E-state index contributed by atoms with van der Waals surface area (Å²) in [5.41, 5.74) is 1.63. The number of nitrogens with one attached hydrogen (secondary N) is 2. The van der Waals surface area contributed by atoms with Crippen molar-refractivity contribution in [1.29, 1.82) is 0 Å². The van der Waals surface area contributed by atoms with Gasteiger partial charge in [0.05, 0.1) is 12.7 Å². The number of para-hydroxylation sites is 1. The number of carbonyl (C=O) groups is 1. The number of hydrogen-bond acceptors (Lipinski definition) is 8. The first-order valence-corrected chi connectivity index (χ1v) is 10.2. The minimum Gasteiger partial charge on any atom is -0.507 e. The second-order valence-electron chi connectivity index (χ2n) is 6.62. The van der Waals surface area contributed by atoms with Gasteiger partial charge >= 0.3 is 11.3 Å². The van der Waals surface area contributed by atoms with Crippen molar-refractivity contribution >= 4 is 22.3 Å². The van der Waals surface area contributed by atoms with Gasteiger partial charge in [-0.05, 0) is 35.1 Å². The minimum atomic E-state index is -0.556. The smallest absolute Gasteiger partial charge is 0.437 e. The summed E-state index contributed by atoms with van der Waals surface area (Å²) in [6, 6.07) is 12.1. The van der Waals surface area contributed by atoms with E-state index in [1.807, 2.05) is 0 Å². The number of methoxy groups -OCH3 is 1. The molecule has 0 radical (unpaired) electrons. The van der Waals surface area contributed by atoms with E-state index in [1.165, 1.54) is 22.9 Å². The van der Waals surface area contributed by atoms with Crippen LogP contribution in [0.4, 0.5) is 5.13 Å². The number of anilines is 1. The van der Waals surface area contributed by atoms with E-state index in [1.54, 1.807) is 55.0 Å². The van der Waals surface area contributed by atoms with Crippen LogP contribution in [0.1, 0.15) is 22.8 Å². The molecule has 10 heteroatoms. The van der Waals surface area contributed by atoms with Gasteiger partial charge in [-0.2, -0.15) is 0 Å². The zero-order valence-corrected chi connectivity index (χ0v) is 17.5. The molecule has 0 aliphatic rings. The largest absolute Gasteiger partial charge is 0.507 e. The van der Waals surface area contributed by atoms with E-state index in [0.717, 1.165) is 0 Å². The SMILES string of the molecule is COc1ccc(-[n+]2[nH]oc(=O)c2-c2csc(NCc3cccc(C(C)=O)c3O)n2)cc1. The number of phenols is 1. The second-order valence-corrected chi connectivity index (χ2v) is 7.48. The molecule has 0 spiro atoms. The van der Waals surface area contributed by atoms with E-state index >= 15 is 0 Å². The number of benzene rings is 2. The van der Waals surface area contributed by atoms with Crippen LogP contribution in [0.15, 0.2) is 57.2 Å². The minimum absolute atomic E-state index is 0.0529. The highest BCUT2D eigenvalue weighted by atomic mass is 32.1. The van der Waals surface area contributed by atoms with Crippen LogP contribution in [0.25, 0.3) is 17.1 Å². The van der Waals surface area contributed by atoms with E-state index in [0.29, 0.717) is 27.8 Å². The van der Waals surface area contributed by atoms with Gasteiger partial charge < -0.3 is 15.2 Å². The Balaban J connectivity index is 1.57. The number of rotatable bonds is 7. The molecule has 0 atom stereocenters. The van der Waals surface area contributed by atoms with Crippen LogP contribution in [-0.2, 0) is 6.54 Å². The zero-order valence-electron chi connectivity index (χ0n) is 16.7. The molecule has 0 saturated heterocycles. The summed E-state index contributed by atoms with van der Waals surface area (Å²) >= 11 is 1.30. The van der Waals surface area contributed by atoms with Crippen LogP contribution in [-0.4, -0.2) is 28.3 Å². The van der Waals surface area contributed by atoms with Crippen molar-refractivity contribution in [2.24, 2.45) is 0 Å². The Morgan fingerprint density at radius 1 is 1.29 bits per heavy atom. The van der Waals surface area contributed by atoms with E-state index in [-0.39, 0.29) is 29.3 Å². The summed E-state index contributed by atoms with van der Waals surface area (Å²) in [7, 11) is 1.58. The standard InChI is InChI=1S/C21H18N4O5S/c1-12(26)16-5-3-4-13(19(16)27)10-22-21-23-17(11-31-21)18-20(28)30-24-25(18)14-6-8-15(29-2)9-7-14/h3-9,11H,10H2,1-2H3,(H2-,22,23,24,26,27,28)/p+1. The van der Waals surface area contributed by atoms with Crippen LogP contribution in [0, 0.1) is 0 Å². The van der Waals surface area contributed by atoms with Crippen LogP contribution in [0.5, 0.6) is 11.5 Å². The molecule has 2 heterocycles. The van der Waals surface area contributed by atoms with Crippen LogP contribution in [0.3, 0.4) is 0 Å². The lowest BCUT2D eigenvalue weighted by molar-refractivity contribution is -0.660. The number of hydrogen-bond donors (Lipinski definition) is 3. The van der Waals surface area contributed by atoms with Crippen molar-refractivity contribution in [3.63, 3.8) is 0 Å². The Labute approximate surface area is 180 Å². The third kappa shape index (κ3) is 4.05. The third-order valence-corrected chi connectivity index (χ3v) is 5.45.